The highest BCUT2D eigenvalue weighted by Gasteiger charge is 2.43. The predicted molar refractivity (Wildman–Crippen MR) is 86.4 cm³/mol. The minimum absolute atomic E-state index is 0.138. The molecule has 0 aliphatic carbocycles. The van der Waals surface area contributed by atoms with Gasteiger partial charge in [0.2, 0.25) is 5.91 Å². The molecule has 1 aromatic rings. The summed E-state index contributed by atoms with van der Waals surface area (Å²) in [5, 5.41) is 2.76. The second kappa shape index (κ2) is 6.75. The third-order valence-electron chi connectivity index (χ3n) is 5.27. The average molecular weight is 302 g/mol. The smallest absolute Gasteiger partial charge is 0.233 e. The number of hydrogen-bond acceptors (Lipinski definition) is 4. The molecule has 120 valence electrons. The van der Waals surface area contributed by atoms with E-state index in [1.807, 2.05) is 18.5 Å². The quantitative estimate of drug-likeness (QED) is 0.909. The Hall–Kier alpha value is -1.46. The highest BCUT2D eigenvalue weighted by molar-refractivity contribution is 5.77. The molecule has 1 spiro atoms. The first kappa shape index (κ1) is 15.4. The molecule has 0 unspecified atom stereocenters. The third-order valence-corrected chi connectivity index (χ3v) is 5.27. The summed E-state index contributed by atoms with van der Waals surface area (Å²) < 4.78 is 0. The minimum Gasteiger partial charge on any atom is -0.358 e. The van der Waals surface area contributed by atoms with Gasteiger partial charge in [-0.25, -0.2) is 0 Å². The van der Waals surface area contributed by atoms with Gasteiger partial charge in [0.25, 0.3) is 0 Å². The Labute approximate surface area is 132 Å². The molecule has 0 aromatic carbocycles. The molecule has 2 aliphatic heterocycles. The summed E-state index contributed by atoms with van der Waals surface area (Å²) in [5.74, 6) is 0.138. The maximum Gasteiger partial charge on any atom is 0.233 e. The normalized spacial score (nSPS) is 22.0. The topological polar surface area (TPSA) is 48.5 Å². The molecule has 22 heavy (non-hydrogen) atoms. The standard InChI is InChI=1S/C17H26N4O/c1-18-16(22)14-21-9-3-5-17(21)6-10-20(11-7-17)13-15-4-2-8-19-12-15/h2,4,8,12H,3,5-7,9-11,13-14H2,1H3,(H,18,22). The number of nitrogens with zero attached hydrogens (tertiary/aromatic N) is 3. The van der Waals surface area contributed by atoms with E-state index in [0.29, 0.717) is 6.54 Å². The van der Waals surface area contributed by atoms with Gasteiger partial charge in [-0.1, -0.05) is 6.07 Å². The van der Waals surface area contributed by atoms with Gasteiger partial charge < -0.3 is 5.32 Å². The fraction of sp³-hybridized carbons (Fsp3) is 0.647. The van der Waals surface area contributed by atoms with Crippen molar-refractivity contribution in [2.75, 3.05) is 33.2 Å². The van der Waals surface area contributed by atoms with Gasteiger partial charge in [-0.2, -0.15) is 0 Å². The van der Waals surface area contributed by atoms with Crippen molar-refractivity contribution in [1.29, 1.82) is 0 Å². The van der Waals surface area contributed by atoms with Gasteiger partial charge in [0.05, 0.1) is 6.54 Å². The summed E-state index contributed by atoms with van der Waals surface area (Å²) in [4.78, 5) is 20.9. The van der Waals surface area contributed by atoms with Gasteiger partial charge in [-0.3, -0.25) is 19.6 Å². The van der Waals surface area contributed by atoms with Gasteiger partial charge in [-0.15, -0.1) is 0 Å². The molecule has 0 atom stereocenters. The van der Waals surface area contributed by atoms with Crippen LogP contribution in [-0.2, 0) is 11.3 Å². The molecule has 0 radical (unpaired) electrons. The number of carbonyl (C=O) groups is 1. The minimum atomic E-state index is 0.138. The van der Waals surface area contributed by atoms with E-state index in [4.69, 9.17) is 0 Å². The van der Waals surface area contributed by atoms with Gasteiger partial charge >= 0.3 is 0 Å². The zero-order valence-corrected chi connectivity index (χ0v) is 13.4. The summed E-state index contributed by atoms with van der Waals surface area (Å²) in [6.07, 6.45) is 8.58. The Balaban J connectivity index is 1.57. The molecule has 3 rings (SSSR count). The number of pyridine rings is 1. The summed E-state index contributed by atoms with van der Waals surface area (Å²) in [7, 11) is 1.72. The predicted octanol–water partition coefficient (Wildman–Crippen LogP) is 1.26. The van der Waals surface area contributed by atoms with Crippen LogP contribution in [0.2, 0.25) is 0 Å². The average Bonchev–Trinajstić information content (AvgIpc) is 2.93. The van der Waals surface area contributed by atoms with E-state index in [9.17, 15) is 4.79 Å². The van der Waals surface area contributed by atoms with Crippen LogP contribution in [-0.4, -0.2) is 59.5 Å². The Morgan fingerprint density at radius 3 is 2.82 bits per heavy atom. The van der Waals surface area contributed by atoms with Crippen molar-refractivity contribution in [3.63, 3.8) is 0 Å². The van der Waals surface area contributed by atoms with Crippen LogP contribution in [0.3, 0.4) is 0 Å². The van der Waals surface area contributed by atoms with Crippen LogP contribution in [0.15, 0.2) is 24.5 Å². The lowest BCUT2D eigenvalue weighted by molar-refractivity contribution is -0.123. The Kier molecular flexibility index (Phi) is 4.74. The molecule has 5 nitrogen and oxygen atoms in total. The Bertz CT molecular complexity index is 497. The molecule has 1 aromatic heterocycles. The number of carbonyl (C=O) groups excluding carboxylic acids is 1. The van der Waals surface area contributed by atoms with E-state index in [1.54, 1.807) is 7.05 Å². The number of aromatic nitrogens is 1. The van der Waals surface area contributed by atoms with E-state index < -0.39 is 0 Å². The first-order valence-electron chi connectivity index (χ1n) is 8.29. The maximum atomic E-state index is 11.7. The Morgan fingerprint density at radius 2 is 2.14 bits per heavy atom. The summed E-state index contributed by atoms with van der Waals surface area (Å²) in [6, 6.07) is 4.15. The highest BCUT2D eigenvalue weighted by Crippen LogP contribution is 2.38. The zero-order valence-electron chi connectivity index (χ0n) is 13.4. The number of piperidine rings is 1. The molecule has 2 saturated heterocycles. The second-order valence-corrected chi connectivity index (χ2v) is 6.56. The van der Waals surface area contributed by atoms with Gasteiger partial charge in [0.15, 0.2) is 0 Å². The highest BCUT2D eigenvalue weighted by atomic mass is 16.1. The van der Waals surface area contributed by atoms with Crippen LogP contribution in [0.5, 0.6) is 0 Å². The number of amides is 1. The lowest BCUT2D eigenvalue weighted by Crippen LogP contribution is -2.54. The molecular weight excluding hydrogens is 276 g/mol. The van der Waals surface area contributed by atoms with Crippen molar-refractivity contribution in [3.05, 3.63) is 30.1 Å². The summed E-state index contributed by atoms with van der Waals surface area (Å²) in [6.45, 7) is 4.83. The molecule has 0 bridgehead atoms. The third kappa shape index (κ3) is 3.31. The summed E-state index contributed by atoms with van der Waals surface area (Å²) >= 11 is 0. The van der Waals surface area contributed by atoms with Crippen molar-refractivity contribution in [2.24, 2.45) is 0 Å². The fourth-order valence-electron chi connectivity index (χ4n) is 3.94. The van der Waals surface area contributed by atoms with Crippen molar-refractivity contribution in [3.8, 4) is 0 Å². The number of nitrogens with one attached hydrogen (secondary N) is 1. The lowest BCUT2D eigenvalue weighted by atomic mass is 9.84. The number of likely N-dealkylation sites (N-methyl/N-ethyl adjacent to an activating group) is 1. The van der Waals surface area contributed by atoms with Gasteiger partial charge in [0.1, 0.15) is 0 Å². The van der Waals surface area contributed by atoms with Crippen LogP contribution < -0.4 is 5.32 Å². The lowest BCUT2D eigenvalue weighted by Gasteiger charge is -2.45. The van der Waals surface area contributed by atoms with Crippen LogP contribution in [0.1, 0.15) is 31.2 Å². The largest absolute Gasteiger partial charge is 0.358 e. The van der Waals surface area contributed by atoms with Gasteiger partial charge in [0, 0.05) is 44.6 Å². The first-order valence-corrected chi connectivity index (χ1v) is 8.29. The molecule has 1 N–H and O–H groups in total. The maximum absolute atomic E-state index is 11.7. The number of rotatable bonds is 4. The van der Waals surface area contributed by atoms with Crippen LogP contribution >= 0.6 is 0 Å². The van der Waals surface area contributed by atoms with Crippen molar-refractivity contribution in [1.82, 2.24) is 20.1 Å². The second-order valence-electron chi connectivity index (χ2n) is 6.56. The van der Waals surface area contributed by atoms with E-state index in [-0.39, 0.29) is 11.4 Å². The molecule has 2 aliphatic rings. The van der Waals surface area contributed by atoms with Crippen molar-refractivity contribution in [2.45, 2.75) is 37.8 Å². The fourth-order valence-corrected chi connectivity index (χ4v) is 3.94. The SMILES string of the molecule is CNC(=O)CN1CCCC12CCN(Cc1cccnc1)CC2. The number of likely N-dealkylation sites (tertiary alicyclic amines) is 2. The van der Waals surface area contributed by atoms with E-state index >= 15 is 0 Å². The zero-order chi connectivity index (χ0) is 15.4. The number of hydrogen-bond donors (Lipinski definition) is 1. The van der Waals surface area contributed by atoms with Crippen molar-refractivity contribution < 1.29 is 4.79 Å². The molecule has 0 saturated carbocycles. The van der Waals surface area contributed by atoms with E-state index in [0.717, 1.165) is 26.2 Å². The monoisotopic (exact) mass is 302 g/mol. The summed E-state index contributed by atoms with van der Waals surface area (Å²) in [5.41, 5.74) is 1.55. The molecule has 2 fully saturated rings. The molecule has 3 heterocycles. The molecule has 1 amide bonds. The van der Waals surface area contributed by atoms with Crippen LogP contribution in [0, 0.1) is 0 Å². The molecule has 5 heteroatoms. The van der Waals surface area contributed by atoms with E-state index in [1.165, 1.54) is 31.2 Å². The van der Waals surface area contributed by atoms with Crippen LogP contribution in [0.4, 0.5) is 0 Å². The van der Waals surface area contributed by atoms with Crippen molar-refractivity contribution >= 4 is 5.91 Å². The Morgan fingerprint density at radius 1 is 1.32 bits per heavy atom. The first-order chi connectivity index (χ1) is 10.7. The van der Waals surface area contributed by atoms with Crippen LogP contribution in [0.25, 0.3) is 0 Å². The molecular formula is C17H26N4O. The van der Waals surface area contributed by atoms with E-state index in [2.05, 4.69) is 26.2 Å². The van der Waals surface area contributed by atoms with Gasteiger partial charge in [-0.05, 0) is 43.9 Å².